The summed E-state index contributed by atoms with van der Waals surface area (Å²) in [7, 11) is 0. The van der Waals surface area contributed by atoms with Gasteiger partial charge in [-0.05, 0) is 24.3 Å². The van der Waals surface area contributed by atoms with E-state index in [-0.39, 0.29) is 12.5 Å². The molecule has 1 heterocycles. The quantitative estimate of drug-likeness (QED) is 0.862. The largest absolute Gasteiger partial charge is 0.482 e. The molecule has 0 saturated carbocycles. The number of benzene rings is 1. The van der Waals surface area contributed by atoms with E-state index in [1.807, 2.05) is 0 Å². The summed E-state index contributed by atoms with van der Waals surface area (Å²) in [6.07, 6.45) is 3.07. The van der Waals surface area contributed by atoms with Gasteiger partial charge in [0, 0.05) is 17.4 Å². The number of hydrogen-bond acceptors (Lipinski definition) is 3. The Hall–Kier alpha value is -1.52. The summed E-state index contributed by atoms with van der Waals surface area (Å²) in [6.45, 7) is -0.136. The summed E-state index contributed by atoms with van der Waals surface area (Å²) < 4.78 is 6.47. The van der Waals surface area contributed by atoms with E-state index in [2.05, 4.69) is 5.10 Å². The minimum Gasteiger partial charge on any atom is -0.482 e. The molecule has 0 spiro atoms. The van der Waals surface area contributed by atoms with Gasteiger partial charge >= 0.3 is 0 Å². The number of carbonyl (C=O) groups excluding carboxylic acids is 1. The molecule has 4 nitrogen and oxygen atoms in total. The van der Waals surface area contributed by atoms with Gasteiger partial charge in [0.15, 0.2) is 6.61 Å². The number of carbonyl (C=O) groups is 1. The van der Waals surface area contributed by atoms with Gasteiger partial charge in [0.2, 0.25) is 0 Å². The van der Waals surface area contributed by atoms with Crippen molar-refractivity contribution in [3.8, 4) is 5.75 Å². The van der Waals surface area contributed by atoms with E-state index in [4.69, 9.17) is 27.9 Å². The van der Waals surface area contributed by atoms with Crippen molar-refractivity contribution in [3.05, 3.63) is 46.7 Å². The van der Waals surface area contributed by atoms with Crippen LogP contribution >= 0.6 is 23.2 Å². The Bertz CT molecular complexity index is 526. The van der Waals surface area contributed by atoms with Gasteiger partial charge in [-0.2, -0.15) is 5.10 Å². The predicted octanol–water partition coefficient (Wildman–Crippen LogP) is 2.91. The van der Waals surface area contributed by atoms with Crippen LogP contribution < -0.4 is 4.74 Å². The van der Waals surface area contributed by atoms with Crippen LogP contribution in [0.25, 0.3) is 0 Å². The van der Waals surface area contributed by atoms with Crippen molar-refractivity contribution >= 4 is 29.1 Å². The maximum absolute atomic E-state index is 11.6. The molecule has 2 aromatic rings. The first-order valence-electron chi connectivity index (χ1n) is 4.77. The molecule has 1 aromatic carbocycles. The molecule has 0 amide bonds. The third-order valence-electron chi connectivity index (χ3n) is 2.01. The first kappa shape index (κ1) is 12.0. The van der Waals surface area contributed by atoms with E-state index >= 15 is 0 Å². The lowest BCUT2D eigenvalue weighted by Crippen LogP contribution is -2.19. The molecule has 2 rings (SSSR count). The summed E-state index contributed by atoms with van der Waals surface area (Å²) >= 11 is 11.6. The first-order valence-corrected chi connectivity index (χ1v) is 5.53. The summed E-state index contributed by atoms with van der Waals surface area (Å²) in [5, 5.41) is 4.68. The van der Waals surface area contributed by atoms with Crippen molar-refractivity contribution in [2.24, 2.45) is 0 Å². The Morgan fingerprint density at radius 2 is 2.24 bits per heavy atom. The zero-order valence-electron chi connectivity index (χ0n) is 8.64. The number of halogens is 2. The Morgan fingerprint density at radius 1 is 1.41 bits per heavy atom. The Labute approximate surface area is 108 Å². The molecule has 88 valence electrons. The van der Waals surface area contributed by atoms with Crippen LogP contribution in [-0.2, 0) is 0 Å². The molecular formula is C11H8Cl2N2O2. The fraction of sp³-hybridized carbons (Fsp3) is 0.0909. The fourth-order valence-electron chi connectivity index (χ4n) is 1.21. The van der Waals surface area contributed by atoms with Gasteiger partial charge in [0.1, 0.15) is 5.75 Å². The molecule has 0 unspecified atom stereocenters. The summed E-state index contributed by atoms with van der Waals surface area (Å²) in [5.74, 6) is 0.137. The zero-order valence-corrected chi connectivity index (χ0v) is 10.1. The first-order chi connectivity index (χ1) is 8.16. The minimum absolute atomic E-state index is 0.136. The number of hydrogen-bond donors (Lipinski definition) is 0. The Kier molecular flexibility index (Phi) is 3.66. The number of nitrogens with zero attached hydrogens (tertiary/aromatic N) is 2. The second-order valence-corrected chi connectivity index (χ2v) is 4.05. The third kappa shape index (κ3) is 2.99. The van der Waals surface area contributed by atoms with Crippen LogP contribution in [0.4, 0.5) is 0 Å². The molecule has 0 saturated heterocycles. The molecular weight excluding hydrogens is 263 g/mol. The smallest absolute Gasteiger partial charge is 0.284 e. The molecule has 0 bridgehead atoms. The second kappa shape index (κ2) is 5.21. The lowest BCUT2D eigenvalue weighted by atomic mass is 10.3. The van der Waals surface area contributed by atoms with E-state index in [0.29, 0.717) is 15.8 Å². The third-order valence-corrected chi connectivity index (χ3v) is 2.54. The van der Waals surface area contributed by atoms with E-state index in [1.165, 1.54) is 10.9 Å². The van der Waals surface area contributed by atoms with Gasteiger partial charge in [-0.15, -0.1) is 0 Å². The van der Waals surface area contributed by atoms with Crippen LogP contribution in [0.15, 0.2) is 36.7 Å². The standard InChI is InChI=1S/C11H8Cl2N2O2/c12-8-2-3-10(9(13)6-8)17-7-11(16)15-5-1-4-14-15/h1-6H,7H2. The van der Waals surface area contributed by atoms with Crippen LogP contribution in [-0.4, -0.2) is 22.3 Å². The predicted molar refractivity (Wildman–Crippen MR) is 64.8 cm³/mol. The van der Waals surface area contributed by atoms with Crippen molar-refractivity contribution in [1.82, 2.24) is 9.78 Å². The number of ether oxygens (including phenoxy) is 1. The zero-order chi connectivity index (χ0) is 12.3. The highest BCUT2D eigenvalue weighted by molar-refractivity contribution is 6.35. The summed E-state index contributed by atoms with van der Waals surface area (Å²) in [5.41, 5.74) is 0. The molecule has 0 fully saturated rings. The molecule has 0 atom stereocenters. The highest BCUT2D eigenvalue weighted by Gasteiger charge is 2.08. The Balaban J connectivity index is 2.01. The Morgan fingerprint density at radius 3 is 2.88 bits per heavy atom. The fourth-order valence-corrected chi connectivity index (χ4v) is 1.68. The average molecular weight is 271 g/mol. The lowest BCUT2D eigenvalue weighted by molar-refractivity contribution is 0.0821. The van der Waals surface area contributed by atoms with Crippen LogP contribution in [0, 0.1) is 0 Å². The SMILES string of the molecule is O=C(COc1ccc(Cl)cc1Cl)n1cccn1. The minimum atomic E-state index is -0.277. The highest BCUT2D eigenvalue weighted by atomic mass is 35.5. The maximum Gasteiger partial charge on any atom is 0.284 e. The lowest BCUT2D eigenvalue weighted by Gasteiger charge is -2.07. The second-order valence-electron chi connectivity index (χ2n) is 3.21. The number of rotatable bonds is 3. The van der Waals surface area contributed by atoms with E-state index < -0.39 is 0 Å². The van der Waals surface area contributed by atoms with Crippen molar-refractivity contribution in [1.29, 1.82) is 0 Å². The number of aromatic nitrogens is 2. The van der Waals surface area contributed by atoms with Gasteiger partial charge in [-0.3, -0.25) is 4.79 Å². The van der Waals surface area contributed by atoms with Crippen molar-refractivity contribution in [2.75, 3.05) is 6.61 Å². The van der Waals surface area contributed by atoms with Gasteiger partial charge in [0.25, 0.3) is 5.91 Å². The maximum atomic E-state index is 11.6. The average Bonchev–Trinajstić information content (AvgIpc) is 2.81. The normalized spacial score (nSPS) is 10.2. The van der Waals surface area contributed by atoms with Crippen LogP contribution in [0.1, 0.15) is 4.79 Å². The molecule has 0 N–H and O–H groups in total. The van der Waals surface area contributed by atoms with Crippen molar-refractivity contribution in [3.63, 3.8) is 0 Å². The topological polar surface area (TPSA) is 44.1 Å². The van der Waals surface area contributed by atoms with Crippen molar-refractivity contribution in [2.45, 2.75) is 0 Å². The van der Waals surface area contributed by atoms with Gasteiger partial charge in [-0.1, -0.05) is 23.2 Å². The molecule has 0 aliphatic carbocycles. The van der Waals surface area contributed by atoms with Gasteiger partial charge < -0.3 is 4.74 Å². The highest BCUT2D eigenvalue weighted by Crippen LogP contribution is 2.27. The molecule has 1 aromatic heterocycles. The molecule has 17 heavy (non-hydrogen) atoms. The summed E-state index contributed by atoms with van der Waals surface area (Å²) in [4.78, 5) is 11.6. The molecule has 0 aliphatic heterocycles. The summed E-state index contributed by atoms with van der Waals surface area (Å²) in [6, 6.07) is 6.46. The van der Waals surface area contributed by atoms with Gasteiger partial charge in [0.05, 0.1) is 5.02 Å². The molecule has 6 heteroatoms. The molecule has 0 aliphatic rings. The van der Waals surface area contributed by atoms with Crippen LogP contribution in [0.3, 0.4) is 0 Å². The molecule has 0 radical (unpaired) electrons. The van der Waals surface area contributed by atoms with E-state index in [0.717, 1.165) is 0 Å². The van der Waals surface area contributed by atoms with E-state index in [1.54, 1.807) is 30.5 Å². The van der Waals surface area contributed by atoms with Crippen LogP contribution in [0.5, 0.6) is 5.75 Å². The monoisotopic (exact) mass is 270 g/mol. The van der Waals surface area contributed by atoms with Crippen LogP contribution in [0.2, 0.25) is 10.0 Å². The van der Waals surface area contributed by atoms with Gasteiger partial charge in [-0.25, -0.2) is 4.68 Å². The van der Waals surface area contributed by atoms with Crippen molar-refractivity contribution < 1.29 is 9.53 Å². The van der Waals surface area contributed by atoms with E-state index in [9.17, 15) is 4.79 Å².